The molecule has 1 saturated heterocycles. The zero-order chi connectivity index (χ0) is 31.5. The Bertz CT molecular complexity index is 1810. The summed E-state index contributed by atoms with van der Waals surface area (Å²) in [4.78, 5) is 37.3. The summed E-state index contributed by atoms with van der Waals surface area (Å²) in [5, 5.41) is 11.6. The van der Waals surface area contributed by atoms with Crippen molar-refractivity contribution in [3.63, 3.8) is 0 Å². The molecule has 232 valence electrons. The molecule has 1 N–H and O–H groups in total. The summed E-state index contributed by atoms with van der Waals surface area (Å²) in [6, 6.07) is 14.8. The maximum Gasteiger partial charge on any atom is 0.328 e. The summed E-state index contributed by atoms with van der Waals surface area (Å²) >= 11 is 1.66. The Hall–Kier alpha value is -4.14. The van der Waals surface area contributed by atoms with Crippen molar-refractivity contribution in [2.45, 2.75) is 58.8 Å². The summed E-state index contributed by atoms with van der Waals surface area (Å²) in [6.07, 6.45) is 10.6. The molecule has 2 aliphatic rings. The number of hydrogen-bond donors (Lipinski definition) is 1. The Morgan fingerprint density at radius 1 is 1.00 bits per heavy atom. The highest BCUT2D eigenvalue weighted by Crippen LogP contribution is 2.42. The number of morpholine rings is 1. The van der Waals surface area contributed by atoms with Gasteiger partial charge in [-0.15, -0.1) is 11.3 Å². The van der Waals surface area contributed by atoms with Crippen molar-refractivity contribution in [2.75, 3.05) is 26.3 Å². The zero-order valence-electron chi connectivity index (χ0n) is 26.1. The van der Waals surface area contributed by atoms with E-state index in [0.717, 1.165) is 67.3 Å². The first-order valence-electron chi connectivity index (χ1n) is 15.8. The smallest absolute Gasteiger partial charge is 0.328 e. The van der Waals surface area contributed by atoms with Crippen LogP contribution in [0.2, 0.25) is 0 Å². The quantitative estimate of drug-likeness (QED) is 0.210. The molecule has 0 radical (unpaired) electrons. The van der Waals surface area contributed by atoms with Crippen molar-refractivity contribution in [2.24, 2.45) is 0 Å². The van der Waals surface area contributed by atoms with Gasteiger partial charge in [0.15, 0.2) is 0 Å². The van der Waals surface area contributed by atoms with Crippen LogP contribution in [0.15, 0.2) is 54.6 Å². The third kappa shape index (κ3) is 6.92. The molecule has 0 bridgehead atoms. The van der Waals surface area contributed by atoms with Gasteiger partial charge >= 0.3 is 5.97 Å². The Kier molecular flexibility index (Phi) is 9.24. The van der Waals surface area contributed by atoms with Gasteiger partial charge in [-0.3, -0.25) is 4.79 Å². The number of thiazole rings is 1. The molecule has 1 saturated carbocycles. The highest BCUT2D eigenvalue weighted by atomic mass is 32.1. The standard InChI is InChI=1S/C37H39N3O4S/c1-23(19-35(42)43)30-21-29(11-14-34(41)40-15-17-44-18-16-40)36(31(22-30)26-7-5-4-6-8-26)28-10-12-32-27(20-28)9-13-33(39-32)37-24(2)38-25(3)45-37/h9-14,19-22,26H,4-8,15-18H2,1-3H3,(H,42,43)/b14-11+,23-19-. The van der Waals surface area contributed by atoms with E-state index in [1.54, 1.807) is 17.4 Å². The third-order valence-electron chi connectivity index (χ3n) is 8.88. The minimum absolute atomic E-state index is 0.0458. The van der Waals surface area contributed by atoms with Gasteiger partial charge in [0.25, 0.3) is 0 Å². The number of fused-ring (bicyclic) bond motifs is 1. The molecule has 1 amide bonds. The van der Waals surface area contributed by atoms with Crippen molar-refractivity contribution >= 4 is 45.8 Å². The highest BCUT2D eigenvalue weighted by molar-refractivity contribution is 7.15. The van der Waals surface area contributed by atoms with Crippen LogP contribution < -0.4 is 0 Å². The molecule has 2 aromatic carbocycles. The van der Waals surface area contributed by atoms with E-state index < -0.39 is 5.97 Å². The second-order valence-corrected chi connectivity index (χ2v) is 13.3. The van der Waals surface area contributed by atoms with Gasteiger partial charge in [0.05, 0.1) is 40.0 Å². The second kappa shape index (κ2) is 13.5. The first kappa shape index (κ1) is 30.9. The molecule has 45 heavy (non-hydrogen) atoms. The first-order chi connectivity index (χ1) is 21.8. The number of aryl methyl sites for hydroxylation is 2. The van der Waals surface area contributed by atoms with Gasteiger partial charge in [-0.2, -0.15) is 0 Å². The van der Waals surface area contributed by atoms with Crippen LogP contribution in [-0.4, -0.2) is 58.2 Å². The molecule has 6 rings (SSSR count). The summed E-state index contributed by atoms with van der Waals surface area (Å²) in [5.74, 6) is -0.668. The van der Waals surface area contributed by atoms with Gasteiger partial charge in [-0.25, -0.2) is 14.8 Å². The maximum absolute atomic E-state index is 13.2. The van der Waals surface area contributed by atoms with Crippen LogP contribution in [0.1, 0.15) is 72.3 Å². The number of allylic oxidation sites excluding steroid dienone is 1. The zero-order valence-corrected chi connectivity index (χ0v) is 27.0. The summed E-state index contributed by atoms with van der Waals surface area (Å²) in [6.45, 7) is 8.11. The molecule has 4 aromatic rings. The summed E-state index contributed by atoms with van der Waals surface area (Å²) in [7, 11) is 0. The molecule has 8 heteroatoms. The number of amides is 1. The highest BCUT2D eigenvalue weighted by Gasteiger charge is 2.23. The fourth-order valence-electron chi connectivity index (χ4n) is 6.61. The number of carbonyl (C=O) groups excluding carboxylic acids is 1. The Morgan fingerprint density at radius 3 is 2.49 bits per heavy atom. The van der Waals surface area contributed by atoms with Crippen LogP contribution in [-0.2, 0) is 14.3 Å². The third-order valence-corrected chi connectivity index (χ3v) is 9.98. The van der Waals surface area contributed by atoms with Crippen LogP contribution in [0.25, 0.3) is 44.3 Å². The molecule has 0 spiro atoms. The second-order valence-electron chi connectivity index (χ2n) is 12.1. The van der Waals surface area contributed by atoms with Crippen LogP contribution in [0.5, 0.6) is 0 Å². The van der Waals surface area contributed by atoms with E-state index in [2.05, 4.69) is 41.4 Å². The minimum Gasteiger partial charge on any atom is -0.478 e. The minimum atomic E-state index is -0.972. The van der Waals surface area contributed by atoms with Gasteiger partial charge < -0.3 is 14.7 Å². The van der Waals surface area contributed by atoms with E-state index in [9.17, 15) is 14.7 Å². The van der Waals surface area contributed by atoms with E-state index in [4.69, 9.17) is 9.72 Å². The number of benzene rings is 2. The number of ether oxygens (including phenoxy) is 1. The van der Waals surface area contributed by atoms with Gasteiger partial charge in [0.1, 0.15) is 0 Å². The number of carbonyl (C=O) groups is 2. The van der Waals surface area contributed by atoms with Crippen LogP contribution in [0.3, 0.4) is 0 Å². The number of nitrogens with zero attached hydrogens (tertiary/aromatic N) is 3. The number of hydrogen-bond acceptors (Lipinski definition) is 6. The van der Waals surface area contributed by atoms with Crippen molar-refractivity contribution in [3.05, 3.63) is 82.0 Å². The molecule has 7 nitrogen and oxygen atoms in total. The molecule has 0 unspecified atom stereocenters. The van der Waals surface area contributed by atoms with E-state index in [1.807, 2.05) is 37.8 Å². The van der Waals surface area contributed by atoms with E-state index in [-0.39, 0.29) is 5.91 Å². The number of aliphatic carboxylic acids is 1. The number of carboxylic acids is 1. The summed E-state index contributed by atoms with van der Waals surface area (Å²) in [5.41, 5.74) is 8.66. The molecule has 1 aliphatic carbocycles. The molecular weight excluding hydrogens is 582 g/mol. The molecular formula is C37H39N3O4S. The predicted octanol–water partition coefficient (Wildman–Crippen LogP) is 8.05. The summed E-state index contributed by atoms with van der Waals surface area (Å²) < 4.78 is 5.44. The van der Waals surface area contributed by atoms with Gasteiger partial charge in [-0.1, -0.05) is 37.5 Å². The van der Waals surface area contributed by atoms with Crippen LogP contribution >= 0.6 is 11.3 Å². The molecule has 0 atom stereocenters. The maximum atomic E-state index is 13.2. The number of rotatable bonds is 7. The largest absolute Gasteiger partial charge is 0.478 e. The van der Waals surface area contributed by atoms with Gasteiger partial charge in [-0.05, 0) is 103 Å². The fourth-order valence-corrected chi connectivity index (χ4v) is 7.50. The van der Waals surface area contributed by atoms with Gasteiger partial charge in [0, 0.05) is 30.6 Å². The topological polar surface area (TPSA) is 92.6 Å². The number of pyridine rings is 1. The van der Waals surface area contributed by atoms with Crippen LogP contribution in [0, 0.1) is 13.8 Å². The average molecular weight is 622 g/mol. The monoisotopic (exact) mass is 621 g/mol. The first-order valence-corrected chi connectivity index (χ1v) is 16.6. The number of carboxylic acid groups (broad SMARTS) is 1. The van der Waals surface area contributed by atoms with Crippen molar-refractivity contribution in [1.29, 1.82) is 0 Å². The van der Waals surface area contributed by atoms with E-state index >= 15 is 0 Å². The van der Waals surface area contributed by atoms with Crippen molar-refractivity contribution < 1.29 is 19.4 Å². The lowest BCUT2D eigenvalue weighted by molar-refractivity contribution is -0.131. The Morgan fingerprint density at radius 2 is 1.78 bits per heavy atom. The Balaban J connectivity index is 1.49. The van der Waals surface area contributed by atoms with Crippen molar-refractivity contribution in [1.82, 2.24) is 14.9 Å². The fraction of sp³-hybridized carbons (Fsp3) is 0.351. The molecule has 2 aromatic heterocycles. The average Bonchev–Trinajstić information content (AvgIpc) is 3.40. The van der Waals surface area contributed by atoms with E-state index in [1.165, 1.54) is 30.9 Å². The number of aromatic nitrogens is 2. The van der Waals surface area contributed by atoms with Crippen molar-refractivity contribution in [3.8, 4) is 21.7 Å². The molecule has 3 heterocycles. The lowest BCUT2D eigenvalue weighted by Gasteiger charge is -2.27. The predicted molar refractivity (Wildman–Crippen MR) is 181 cm³/mol. The normalized spacial score (nSPS) is 16.5. The molecule has 2 fully saturated rings. The lowest BCUT2D eigenvalue weighted by Crippen LogP contribution is -2.39. The lowest BCUT2D eigenvalue weighted by atomic mass is 9.78. The Labute approximate surface area is 268 Å². The van der Waals surface area contributed by atoms with E-state index in [0.29, 0.717) is 37.8 Å². The van der Waals surface area contributed by atoms with Crippen LogP contribution in [0.4, 0.5) is 0 Å². The van der Waals surface area contributed by atoms with Gasteiger partial charge in [0.2, 0.25) is 5.91 Å². The molecule has 1 aliphatic heterocycles. The SMILES string of the molecule is C/C(=C/C(=O)O)c1cc(/C=C/C(=O)N2CCOCC2)c(-c2ccc3nc(-c4sc(C)nc4C)ccc3c2)c(C2CCCCC2)c1.